The Hall–Kier alpha value is -8.42. The second kappa shape index (κ2) is 31.0. The number of nitrogens with zero attached hydrogens (tertiary/aromatic N) is 4. The van der Waals surface area contributed by atoms with Gasteiger partial charge in [0.2, 0.25) is 23.6 Å². The first-order chi connectivity index (χ1) is 42.4. The lowest BCUT2D eigenvalue weighted by Gasteiger charge is -2.34. The van der Waals surface area contributed by atoms with E-state index in [4.69, 9.17) is 28.4 Å². The van der Waals surface area contributed by atoms with Gasteiger partial charge >= 0.3 is 12.2 Å². The molecule has 0 unspecified atom stereocenters. The van der Waals surface area contributed by atoms with E-state index in [1.54, 1.807) is 61.4 Å². The summed E-state index contributed by atoms with van der Waals surface area (Å²) >= 11 is 0. The van der Waals surface area contributed by atoms with Gasteiger partial charge in [-0.25, -0.2) is 27.2 Å². The number of likely N-dealkylation sites (tertiary alicyclic amines) is 4. The van der Waals surface area contributed by atoms with Gasteiger partial charge in [0.05, 0.1) is 61.7 Å². The third-order valence-electron chi connectivity index (χ3n) is 16.4. The Kier molecular flexibility index (Phi) is 23.1. The highest BCUT2D eigenvalue weighted by atomic mass is 19.2. The first-order valence-corrected chi connectivity index (χ1v) is 29.2. The van der Waals surface area contributed by atoms with Crippen molar-refractivity contribution in [1.82, 2.24) is 40.9 Å². The summed E-state index contributed by atoms with van der Waals surface area (Å²) in [5.74, 6) is 3.78. The zero-order valence-electron chi connectivity index (χ0n) is 49.9. The second-order valence-electron chi connectivity index (χ2n) is 22.1. The molecular weight excluding hydrogens is 1150 g/mol. The molecule has 0 radical (unpaired) electrons. The molecule has 4 aromatic rings. The highest BCUT2D eigenvalue weighted by Gasteiger charge is 2.55. The van der Waals surface area contributed by atoms with Crippen LogP contribution in [-0.2, 0) is 51.3 Å². The van der Waals surface area contributed by atoms with Crippen molar-refractivity contribution in [2.75, 3.05) is 66.7 Å². The third-order valence-corrected chi connectivity index (χ3v) is 16.4. The quantitative estimate of drug-likeness (QED) is 0.0526. The predicted molar refractivity (Wildman–Crippen MR) is 312 cm³/mol. The fraction of sp³-hybridized carbons (Fsp3) is 0.469. The lowest BCUT2D eigenvalue weighted by atomic mass is 9.99. The molecule has 0 bridgehead atoms. The number of rotatable bonds is 24. The summed E-state index contributed by atoms with van der Waals surface area (Å²) in [4.78, 5) is 90.3. The van der Waals surface area contributed by atoms with Gasteiger partial charge in [-0.15, -0.1) is 0 Å². The summed E-state index contributed by atoms with van der Waals surface area (Å²) in [6.45, 7) is 6.48. The maximum absolute atomic E-state index is 14.8. The van der Waals surface area contributed by atoms with Gasteiger partial charge in [0.1, 0.15) is 50.0 Å². The van der Waals surface area contributed by atoms with E-state index in [1.165, 1.54) is 12.1 Å². The maximum Gasteiger partial charge on any atom is 0.410 e. The Balaban J connectivity index is 0.918. The highest BCUT2D eigenvalue weighted by Crippen LogP contribution is 2.39. The van der Waals surface area contributed by atoms with Crippen molar-refractivity contribution in [2.45, 2.75) is 114 Å². The SMILES string of the molecule is CN[C@@H](C)C(=O)N[C@H](C(=O)N1CC[C@@H]2[C@H]1[C@@H](COc1ccc(F)c(F)c1)CN2C(=O)OCc1ccccc1)[C@@H](C)OCC#CC#CCO[C@H](C)[C@H](NC(=O)[C@H](C)NC)C(=O)N1CC[C@@H]2[C@H]1[C@@H](COc1ccc(F)c(F)c1)CN2C(=O)OCc1ccccc1. The van der Waals surface area contributed by atoms with Gasteiger partial charge in [-0.3, -0.25) is 19.2 Å². The standard InChI is InChI=1S/C64H74F4N8O12/c1-39(69-5)59(77)71-55(61(79)73-27-25-53-57(73)45(37-85-47-21-23-49(65)51(67)31-47)33-75(53)63(81)87-35-43-17-11-9-12-18-43)41(3)83-29-15-7-8-16-30-84-42(4)56(72-60(78)40(2)70-6)62(80)74-28-26-54-58(74)46(38-86-48-22-24-50(66)52(68)32-48)34-76(54)64(82)88-36-44-19-13-10-14-20-44/h9-14,17-24,31-32,39-42,45-46,53-58,69-70H,25-30,33-38H2,1-6H3,(H,71,77)(H,72,78)/t39-,40-,41+,42+,45+,46+,53+,54+,55-,56-,57+,58+/m0/s1. The van der Waals surface area contributed by atoms with Gasteiger partial charge in [-0.05, 0) is 102 Å². The minimum atomic E-state index is -1.24. The molecule has 88 heavy (non-hydrogen) atoms. The number of amides is 6. The first-order valence-electron chi connectivity index (χ1n) is 29.2. The van der Waals surface area contributed by atoms with Gasteiger partial charge in [-0.2, -0.15) is 0 Å². The zero-order valence-corrected chi connectivity index (χ0v) is 49.9. The van der Waals surface area contributed by atoms with Crippen LogP contribution in [0.15, 0.2) is 97.1 Å². The average Bonchev–Trinajstić information content (AvgIpc) is 3.01. The van der Waals surface area contributed by atoms with Crippen molar-refractivity contribution >= 4 is 35.8 Å². The molecule has 4 N–H and O–H groups in total. The molecule has 8 rings (SSSR count). The summed E-state index contributed by atoms with van der Waals surface area (Å²) in [5.41, 5.74) is 1.55. The number of hydrogen-bond acceptors (Lipinski definition) is 14. The van der Waals surface area contributed by atoms with Gasteiger partial charge in [0.15, 0.2) is 23.3 Å². The molecule has 24 heteroatoms. The minimum absolute atomic E-state index is 0.00857. The number of ether oxygens (including phenoxy) is 6. The van der Waals surface area contributed by atoms with Crippen LogP contribution < -0.4 is 30.7 Å². The van der Waals surface area contributed by atoms with Crippen molar-refractivity contribution in [3.05, 3.63) is 131 Å². The van der Waals surface area contributed by atoms with E-state index in [1.807, 2.05) is 60.7 Å². The number of halogens is 4. The van der Waals surface area contributed by atoms with Gasteiger partial charge < -0.3 is 69.3 Å². The van der Waals surface area contributed by atoms with Crippen LogP contribution in [0.25, 0.3) is 0 Å². The molecule has 0 saturated carbocycles. The van der Waals surface area contributed by atoms with Crippen molar-refractivity contribution < 1.29 is 74.8 Å². The normalized spacial score (nSPS) is 21.2. The fourth-order valence-corrected chi connectivity index (χ4v) is 11.4. The molecule has 4 aliphatic rings. The second-order valence-corrected chi connectivity index (χ2v) is 22.1. The van der Waals surface area contributed by atoms with Gasteiger partial charge in [-0.1, -0.05) is 72.5 Å². The van der Waals surface area contributed by atoms with E-state index in [2.05, 4.69) is 44.9 Å². The van der Waals surface area contributed by atoms with Crippen LogP contribution in [0.4, 0.5) is 27.2 Å². The van der Waals surface area contributed by atoms with E-state index >= 15 is 0 Å². The molecule has 4 aliphatic heterocycles. The van der Waals surface area contributed by atoms with E-state index in [9.17, 15) is 46.3 Å². The van der Waals surface area contributed by atoms with E-state index in [0.29, 0.717) is 12.8 Å². The number of fused-ring (bicyclic) bond motifs is 2. The molecule has 470 valence electrons. The van der Waals surface area contributed by atoms with Crippen molar-refractivity contribution in [2.24, 2.45) is 11.8 Å². The number of hydrogen-bond donors (Lipinski definition) is 4. The number of nitrogens with one attached hydrogen (secondary N) is 4. The lowest BCUT2D eigenvalue weighted by Crippen LogP contribution is -2.59. The van der Waals surface area contributed by atoms with Crippen LogP contribution in [0.3, 0.4) is 0 Å². The lowest BCUT2D eigenvalue weighted by molar-refractivity contribution is -0.142. The Morgan fingerprint density at radius 2 is 0.920 bits per heavy atom. The third kappa shape index (κ3) is 16.4. The Morgan fingerprint density at radius 3 is 1.28 bits per heavy atom. The summed E-state index contributed by atoms with van der Waals surface area (Å²) < 4.78 is 91.6. The fourth-order valence-electron chi connectivity index (χ4n) is 11.4. The van der Waals surface area contributed by atoms with Crippen LogP contribution in [-0.4, -0.2) is 183 Å². The van der Waals surface area contributed by atoms with Crippen molar-refractivity contribution in [3.8, 4) is 35.2 Å². The maximum atomic E-state index is 14.8. The smallest absolute Gasteiger partial charge is 0.410 e. The summed E-state index contributed by atoms with van der Waals surface area (Å²) in [5, 5.41) is 11.4. The highest BCUT2D eigenvalue weighted by molar-refractivity contribution is 5.91. The molecule has 4 fully saturated rings. The molecule has 12 atom stereocenters. The molecule has 0 spiro atoms. The molecule has 0 aliphatic carbocycles. The molecule has 0 aromatic heterocycles. The molecule has 4 aromatic carbocycles. The number of carbonyl (C=O) groups excluding carboxylic acids is 6. The summed E-state index contributed by atoms with van der Waals surface area (Å²) in [6.07, 6.45) is -2.39. The van der Waals surface area contributed by atoms with Crippen LogP contribution in [0.1, 0.15) is 51.7 Å². The van der Waals surface area contributed by atoms with Gasteiger partial charge in [0.25, 0.3) is 0 Å². The molecular formula is C64H74F4N8O12. The summed E-state index contributed by atoms with van der Waals surface area (Å²) in [7, 11) is 3.19. The Morgan fingerprint density at radius 1 is 0.534 bits per heavy atom. The number of likely N-dealkylation sites (N-methyl/N-ethyl adjacent to an activating group) is 2. The predicted octanol–water partition coefficient (Wildman–Crippen LogP) is 5.18. The van der Waals surface area contributed by atoms with Crippen LogP contribution in [0.2, 0.25) is 0 Å². The first kappa shape index (κ1) is 65.6. The summed E-state index contributed by atoms with van der Waals surface area (Å²) in [6, 6.07) is 18.4. The molecule has 4 saturated heterocycles. The topological polar surface area (TPSA) is 219 Å². The molecule has 20 nitrogen and oxygen atoms in total. The Bertz CT molecular complexity index is 3010. The molecule has 6 amide bonds. The van der Waals surface area contributed by atoms with Gasteiger partial charge in [0, 0.05) is 50.1 Å². The average molecular weight is 1220 g/mol. The van der Waals surface area contributed by atoms with E-state index in [0.717, 1.165) is 35.4 Å². The van der Waals surface area contributed by atoms with Crippen LogP contribution >= 0.6 is 0 Å². The Labute approximate surface area is 509 Å². The number of carbonyl (C=O) groups is 6. The van der Waals surface area contributed by atoms with E-state index < -0.39 is 131 Å². The van der Waals surface area contributed by atoms with Crippen LogP contribution in [0.5, 0.6) is 11.5 Å². The van der Waals surface area contributed by atoms with Crippen molar-refractivity contribution in [3.63, 3.8) is 0 Å². The largest absolute Gasteiger partial charge is 0.493 e. The van der Waals surface area contributed by atoms with Crippen molar-refractivity contribution in [1.29, 1.82) is 0 Å². The molecule has 4 heterocycles. The van der Waals surface area contributed by atoms with E-state index in [-0.39, 0.29) is 77.3 Å². The zero-order chi connectivity index (χ0) is 63.0. The number of benzene rings is 4. The monoisotopic (exact) mass is 1220 g/mol. The minimum Gasteiger partial charge on any atom is -0.493 e. The van der Waals surface area contributed by atoms with Crippen LogP contribution in [0, 0.1) is 58.8 Å².